The van der Waals surface area contributed by atoms with Crippen LogP contribution in [-0.4, -0.2) is 96.7 Å². The molecule has 0 radical (unpaired) electrons. The van der Waals surface area contributed by atoms with Gasteiger partial charge in [0.25, 0.3) is 0 Å². The molecule has 4 unspecified atom stereocenters. The van der Waals surface area contributed by atoms with Crippen molar-refractivity contribution in [2.75, 3.05) is 39.6 Å². The van der Waals surface area contributed by atoms with E-state index in [1.54, 1.807) is 0 Å². The van der Waals surface area contributed by atoms with Gasteiger partial charge in [-0.05, 0) is 49.4 Å². The second-order valence-corrected chi connectivity index (χ2v) is 28.1. The summed E-state index contributed by atoms with van der Waals surface area (Å²) in [6.07, 6.45) is 35.0. The normalized spacial score (nSPS) is 14.7. The third-order valence-corrected chi connectivity index (χ3v) is 17.1. The molecule has 0 saturated heterocycles. The van der Waals surface area contributed by atoms with Gasteiger partial charge >= 0.3 is 39.5 Å². The summed E-state index contributed by atoms with van der Waals surface area (Å²) >= 11 is 0. The SMILES string of the molecule is CCC(C)CCCCCCCCC(=O)OC[C@H](COP(=O)(O)OCC(O)COP(=O)(O)OC[C@@H](COC(=O)CCCCCCCCCC(C)C)OC(=O)CCCCCCCCCCCCCC(C)C)OC(=O)CCCCCCCCCC(C)C. The fraction of sp³-hybridized carbons (Fsp3) is 0.938. The van der Waals surface area contributed by atoms with Crippen molar-refractivity contribution < 1.29 is 80.2 Å². The molecule has 0 aromatic heterocycles. The lowest BCUT2D eigenvalue weighted by molar-refractivity contribution is -0.161. The van der Waals surface area contributed by atoms with Gasteiger partial charge in [0, 0.05) is 25.7 Å². The van der Waals surface area contributed by atoms with Crippen LogP contribution in [0.15, 0.2) is 0 Å². The van der Waals surface area contributed by atoms with Gasteiger partial charge < -0.3 is 33.8 Å². The van der Waals surface area contributed by atoms with E-state index < -0.39 is 97.5 Å². The van der Waals surface area contributed by atoms with Crippen LogP contribution in [-0.2, 0) is 65.4 Å². The molecular weight excluding hydrogens is 1110 g/mol. The van der Waals surface area contributed by atoms with Crippen LogP contribution in [0.4, 0.5) is 0 Å². The molecule has 0 amide bonds. The summed E-state index contributed by atoms with van der Waals surface area (Å²) in [7, 11) is -9.89. The van der Waals surface area contributed by atoms with Crippen LogP contribution in [0, 0.1) is 23.7 Å². The van der Waals surface area contributed by atoms with Gasteiger partial charge in [0.05, 0.1) is 26.4 Å². The zero-order valence-electron chi connectivity index (χ0n) is 54.5. The first-order chi connectivity index (χ1) is 40.1. The Hall–Kier alpha value is -1.94. The molecule has 0 saturated carbocycles. The lowest BCUT2D eigenvalue weighted by atomic mass is 10.00. The van der Waals surface area contributed by atoms with Crippen LogP contribution in [0.5, 0.6) is 0 Å². The highest BCUT2D eigenvalue weighted by atomic mass is 31.2. The molecule has 0 aromatic rings. The molecule has 0 heterocycles. The zero-order chi connectivity index (χ0) is 62.5. The maximum absolute atomic E-state index is 13.0. The first-order valence-electron chi connectivity index (χ1n) is 33.7. The van der Waals surface area contributed by atoms with Crippen molar-refractivity contribution in [3.05, 3.63) is 0 Å². The molecule has 3 N–H and O–H groups in total. The van der Waals surface area contributed by atoms with E-state index in [0.29, 0.717) is 37.5 Å². The van der Waals surface area contributed by atoms with Crippen molar-refractivity contribution in [1.29, 1.82) is 0 Å². The number of ether oxygens (including phenoxy) is 4. The quantitative estimate of drug-likeness (QED) is 0.0222. The molecule has 0 aliphatic heterocycles. The number of hydrogen-bond acceptors (Lipinski definition) is 15. The predicted molar refractivity (Wildman–Crippen MR) is 335 cm³/mol. The smallest absolute Gasteiger partial charge is 0.462 e. The zero-order valence-corrected chi connectivity index (χ0v) is 56.3. The number of carbonyl (C=O) groups excluding carboxylic acids is 4. The Labute approximate surface area is 511 Å². The van der Waals surface area contributed by atoms with Crippen molar-refractivity contribution in [3.8, 4) is 0 Å². The summed E-state index contributed by atoms with van der Waals surface area (Å²) in [4.78, 5) is 72.2. The van der Waals surface area contributed by atoms with E-state index in [0.717, 1.165) is 115 Å². The van der Waals surface area contributed by atoms with Gasteiger partial charge in [0.1, 0.15) is 19.3 Å². The molecule has 84 heavy (non-hydrogen) atoms. The van der Waals surface area contributed by atoms with Gasteiger partial charge in [-0.2, -0.15) is 0 Å². The van der Waals surface area contributed by atoms with Crippen LogP contribution in [0.3, 0.4) is 0 Å². The van der Waals surface area contributed by atoms with Crippen molar-refractivity contribution in [3.63, 3.8) is 0 Å². The fourth-order valence-electron chi connectivity index (χ4n) is 9.57. The van der Waals surface area contributed by atoms with Gasteiger partial charge in [-0.1, -0.05) is 261 Å². The minimum absolute atomic E-state index is 0.102. The summed E-state index contributed by atoms with van der Waals surface area (Å²) in [6.45, 7) is 13.9. The average molecular weight is 1240 g/mol. The maximum atomic E-state index is 13.0. The molecule has 6 atom stereocenters. The highest BCUT2D eigenvalue weighted by Gasteiger charge is 2.30. The van der Waals surface area contributed by atoms with E-state index in [2.05, 4.69) is 55.4 Å². The first-order valence-corrected chi connectivity index (χ1v) is 36.7. The predicted octanol–water partition coefficient (Wildman–Crippen LogP) is 17.8. The average Bonchev–Trinajstić information content (AvgIpc) is 3.53. The van der Waals surface area contributed by atoms with Crippen LogP contribution >= 0.6 is 15.6 Å². The van der Waals surface area contributed by atoms with Crippen LogP contribution < -0.4 is 0 Å². The topological polar surface area (TPSA) is 237 Å². The van der Waals surface area contributed by atoms with Gasteiger partial charge in [0.15, 0.2) is 12.2 Å². The maximum Gasteiger partial charge on any atom is 0.472 e. The summed E-state index contributed by atoms with van der Waals surface area (Å²) in [6, 6.07) is 0. The molecule has 0 bridgehead atoms. The monoisotopic (exact) mass is 1240 g/mol. The van der Waals surface area contributed by atoms with Crippen molar-refractivity contribution in [2.45, 2.75) is 331 Å². The summed E-state index contributed by atoms with van der Waals surface area (Å²) in [5, 5.41) is 10.5. The Kier molecular flexibility index (Phi) is 53.9. The van der Waals surface area contributed by atoms with Crippen molar-refractivity contribution >= 4 is 39.5 Å². The summed E-state index contributed by atoms with van der Waals surface area (Å²) in [5.74, 6) is 0.757. The van der Waals surface area contributed by atoms with Crippen LogP contribution in [0.2, 0.25) is 0 Å². The van der Waals surface area contributed by atoms with E-state index in [1.807, 2.05) is 0 Å². The minimum Gasteiger partial charge on any atom is -0.462 e. The summed E-state index contributed by atoms with van der Waals surface area (Å²) in [5.41, 5.74) is 0. The molecule has 17 nitrogen and oxygen atoms in total. The van der Waals surface area contributed by atoms with Gasteiger partial charge in [-0.25, -0.2) is 9.13 Å². The standard InChI is InChI=1S/C65H126O17P2/c1-9-58(8)44-36-28-23-24-30-38-46-63(68)76-52-61(82-65(70)48-40-32-22-16-19-27-35-43-57(6)7)54-80-84(73,74)78-50-59(66)49-77-83(71,72)79-53-60(51-75-62(67)45-37-29-21-15-18-26-34-42-56(4)5)81-64(69)47-39-31-20-14-12-10-11-13-17-25-33-41-55(2)3/h55-61,66H,9-54H2,1-8H3,(H,71,72)(H,73,74)/t58?,59?,60-,61-/m1/s1. The number of unbranched alkanes of at least 4 members (excludes halogenated alkanes) is 27. The third kappa shape index (κ3) is 57.8. The number of aliphatic hydroxyl groups excluding tert-OH is 1. The molecule has 498 valence electrons. The lowest BCUT2D eigenvalue weighted by Crippen LogP contribution is -2.30. The van der Waals surface area contributed by atoms with Crippen LogP contribution in [0.25, 0.3) is 0 Å². The molecule has 0 fully saturated rings. The van der Waals surface area contributed by atoms with E-state index in [9.17, 15) is 43.2 Å². The van der Waals surface area contributed by atoms with Gasteiger partial charge in [-0.3, -0.25) is 37.3 Å². The Morgan fingerprint density at radius 3 is 0.845 bits per heavy atom. The molecule has 0 aliphatic rings. The first kappa shape index (κ1) is 82.1. The number of carbonyl (C=O) groups is 4. The molecule has 19 heteroatoms. The highest BCUT2D eigenvalue weighted by Crippen LogP contribution is 2.45. The third-order valence-electron chi connectivity index (χ3n) is 15.2. The number of rotatable bonds is 62. The molecular formula is C65H126O17P2. The molecule has 0 aromatic carbocycles. The Morgan fingerprint density at radius 2 is 0.571 bits per heavy atom. The van der Waals surface area contributed by atoms with Crippen LogP contribution in [0.1, 0.15) is 312 Å². The summed E-state index contributed by atoms with van der Waals surface area (Å²) < 4.78 is 68.0. The van der Waals surface area contributed by atoms with Gasteiger partial charge in [-0.15, -0.1) is 0 Å². The second kappa shape index (κ2) is 55.2. The largest absolute Gasteiger partial charge is 0.472 e. The number of hydrogen-bond donors (Lipinski definition) is 3. The van der Waals surface area contributed by atoms with E-state index >= 15 is 0 Å². The van der Waals surface area contributed by atoms with Crippen molar-refractivity contribution in [1.82, 2.24) is 0 Å². The molecule has 0 spiro atoms. The Morgan fingerprint density at radius 1 is 0.333 bits per heavy atom. The second-order valence-electron chi connectivity index (χ2n) is 25.2. The fourth-order valence-corrected chi connectivity index (χ4v) is 11.2. The number of aliphatic hydroxyl groups is 1. The van der Waals surface area contributed by atoms with Crippen molar-refractivity contribution in [2.24, 2.45) is 23.7 Å². The van der Waals surface area contributed by atoms with Gasteiger partial charge in [0.2, 0.25) is 0 Å². The molecule has 0 aliphatic carbocycles. The van der Waals surface area contributed by atoms with E-state index in [-0.39, 0.29) is 25.7 Å². The number of phosphoric ester groups is 2. The Balaban J connectivity index is 5.25. The minimum atomic E-state index is -4.95. The number of phosphoric acid groups is 2. The van der Waals surface area contributed by atoms with E-state index in [1.165, 1.54) is 103 Å². The number of esters is 4. The lowest BCUT2D eigenvalue weighted by Gasteiger charge is -2.21. The molecule has 0 rings (SSSR count). The highest BCUT2D eigenvalue weighted by molar-refractivity contribution is 7.47. The Bertz CT molecular complexity index is 1680. The van der Waals surface area contributed by atoms with E-state index in [4.69, 9.17) is 37.0 Å².